The van der Waals surface area contributed by atoms with Crippen molar-refractivity contribution in [1.29, 1.82) is 0 Å². The smallest absolute Gasteiger partial charge is 0.234 e. The third-order valence-corrected chi connectivity index (χ3v) is 2.92. The van der Waals surface area contributed by atoms with Crippen LogP contribution in [-0.2, 0) is 9.59 Å². The first kappa shape index (κ1) is 11.2. The van der Waals surface area contributed by atoms with Gasteiger partial charge in [0, 0.05) is 5.92 Å². The molecule has 1 amide bonds. The molecule has 1 aliphatic heterocycles. The van der Waals surface area contributed by atoms with Crippen LogP contribution >= 0.6 is 0 Å². The van der Waals surface area contributed by atoms with E-state index < -0.39 is 0 Å². The normalized spacial score (nSPS) is 21.8. The number of piperidine rings is 1. The Kier molecular flexibility index (Phi) is 4.07. The number of likely N-dealkylation sites (tertiary alicyclic amines) is 1. The molecule has 1 fully saturated rings. The summed E-state index contributed by atoms with van der Waals surface area (Å²) in [6, 6.07) is -0.150. The lowest BCUT2D eigenvalue weighted by Crippen LogP contribution is -2.48. The van der Waals surface area contributed by atoms with Crippen LogP contribution in [0.1, 0.15) is 26.2 Å². The second-order valence-electron chi connectivity index (χ2n) is 3.84. The van der Waals surface area contributed by atoms with Gasteiger partial charge in [0.05, 0.1) is 6.04 Å². The van der Waals surface area contributed by atoms with Crippen molar-refractivity contribution in [1.82, 2.24) is 4.90 Å². The van der Waals surface area contributed by atoms with Gasteiger partial charge in [0.1, 0.15) is 6.29 Å². The van der Waals surface area contributed by atoms with Crippen LogP contribution in [0.15, 0.2) is 0 Å². The van der Waals surface area contributed by atoms with Crippen LogP contribution < -0.4 is 5.73 Å². The van der Waals surface area contributed by atoms with Crippen LogP contribution in [0, 0.1) is 5.92 Å². The Bertz CT molecular complexity index is 210. The lowest BCUT2D eigenvalue weighted by Gasteiger charge is -2.34. The van der Waals surface area contributed by atoms with Gasteiger partial charge in [-0.05, 0) is 32.4 Å². The average Bonchev–Trinajstić information content (AvgIpc) is 2.19. The van der Waals surface area contributed by atoms with Crippen molar-refractivity contribution in [2.75, 3.05) is 13.1 Å². The average molecular weight is 198 g/mol. The summed E-state index contributed by atoms with van der Waals surface area (Å²) in [5, 5.41) is 0. The number of amides is 1. The van der Waals surface area contributed by atoms with E-state index >= 15 is 0 Å². The molecule has 0 aromatic rings. The highest BCUT2D eigenvalue weighted by atomic mass is 16.1. The van der Waals surface area contributed by atoms with Crippen molar-refractivity contribution in [2.24, 2.45) is 11.7 Å². The maximum atomic E-state index is 11.1. The van der Waals surface area contributed by atoms with E-state index in [1.54, 1.807) is 0 Å². The zero-order chi connectivity index (χ0) is 10.6. The molecule has 2 N–H and O–H groups in total. The zero-order valence-electron chi connectivity index (χ0n) is 8.61. The monoisotopic (exact) mass is 198 g/mol. The fraction of sp³-hybridized carbons (Fsp3) is 0.800. The lowest BCUT2D eigenvalue weighted by atomic mass is 9.97. The van der Waals surface area contributed by atoms with Gasteiger partial charge >= 0.3 is 0 Å². The number of carbonyl (C=O) groups excluding carboxylic acids is 2. The molecular weight excluding hydrogens is 180 g/mol. The first-order valence-electron chi connectivity index (χ1n) is 5.17. The number of rotatable bonds is 4. The maximum absolute atomic E-state index is 11.1. The molecule has 1 unspecified atom stereocenters. The molecule has 4 nitrogen and oxygen atoms in total. The molecule has 0 aromatic carbocycles. The molecule has 0 aliphatic carbocycles. The Balaban J connectivity index is 2.47. The van der Waals surface area contributed by atoms with Crippen molar-refractivity contribution < 1.29 is 9.59 Å². The molecule has 1 aliphatic rings. The van der Waals surface area contributed by atoms with Gasteiger partial charge in [-0.2, -0.15) is 0 Å². The third-order valence-electron chi connectivity index (χ3n) is 2.92. The summed E-state index contributed by atoms with van der Waals surface area (Å²) in [4.78, 5) is 23.7. The number of nitrogens with two attached hydrogens (primary N) is 1. The highest BCUT2D eigenvalue weighted by Crippen LogP contribution is 2.18. The molecule has 80 valence electrons. The molecular formula is C10H18N2O2. The number of primary amides is 1. The SMILES string of the molecule is CCC(C(N)=O)N1CCC(C=O)CC1. The van der Waals surface area contributed by atoms with E-state index in [9.17, 15) is 9.59 Å². The first-order valence-corrected chi connectivity index (χ1v) is 5.17. The molecule has 0 radical (unpaired) electrons. The van der Waals surface area contributed by atoms with Crippen LogP contribution in [0.4, 0.5) is 0 Å². The van der Waals surface area contributed by atoms with Gasteiger partial charge in [0.2, 0.25) is 5.91 Å². The minimum Gasteiger partial charge on any atom is -0.368 e. The van der Waals surface area contributed by atoms with Crippen molar-refractivity contribution in [3.05, 3.63) is 0 Å². The molecule has 1 heterocycles. The molecule has 14 heavy (non-hydrogen) atoms. The van der Waals surface area contributed by atoms with E-state index in [0.717, 1.165) is 38.6 Å². The Labute approximate surface area is 84.4 Å². The quantitative estimate of drug-likeness (QED) is 0.654. The molecule has 0 bridgehead atoms. The number of nitrogens with zero attached hydrogens (tertiary/aromatic N) is 1. The summed E-state index contributed by atoms with van der Waals surface area (Å²) >= 11 is 0. The Hall–Kier alpha value is -0.900. The van der Waals surface area contributed by atoms with E-state index in [1.165, 1.54) is 0 Å². The predicted molar refractivity (Wildman–Crippen MR) is 53.6 cm³/mol. The highest BCUT2D eigenvalue weighted by molar-refractivity contribution is 5.79. The van der Waals surface area contributed by atoms with E-state index in [1.807, 2.05) is 6.92 Å². The second-order valence-corrected chi connectivity index (χ2v) is 3.84. The van der Waals surface area contributed by atoms with Gasteiger partial charge < -0.3 is 10.5 Å². The zero-order valence-corrected chi connectivity index (χ0v) is 8.61. The number of hydrogen-bond acceptors (Lipinski definition) is 3. The van der Waals surface area contributed by atoms with E-state index in [4.69, 9.17) is 5.73 Å². The van der Waals surface area contributed by atoms with Gasteiger partial charge in [-0.25, -0.2) is 0 Å². The fourth-order valence-electron chi connectivity index (χ4n) is 2.01. The summed E-state index contributed by atoms with van der Waals surface area (Å²) in [6.07, 6.45) is 3.48. The van der Waals surface area contributed by atoms with Gasteiger partial charge in [0.25, 0.3) is 0 Å². The van der Waals surface area contributed by atoms with Crippen LogP contribution in [0.3, 0.4) is 0 Å². The minimum atomic E-state index is -0.253. The number of aldehydes is 1. The molecule has 4 heteroatoms. The van der Waals surface area contributed by atoms with Gasteiger partial charge in [-0.3, -0.25) is 9.69 Å². The van der Waals surface area contributed by atoms with Crippen molar-refractivity contribution in [3.63, 3.8) is 0 Å². The van der Waals surface area contributed by atoms with Crippen molar-refractivity contribution >= 4 is 12.2 Å². The Morgan fingerprint density at radius 1 is 1.57 bits per heavy atom. The molecule has 1 saturated heterocycles. The largest absolute Gasteiger partial charge is 0.368 e. The summed E-state index contributed by atoms with van der Waals surface area (Å²) in [5.74, 6) is -0.0753. The van der Waals surface area contributed by atoms with Crippen LogP contribution in [0.25, 0.3) is 0 Å². The second kappa shape index (κ2) is 5.10. The first-order chi connectivity index (χ1) is 6.69. The Morgan fingerprint density at radius 2 is 2.14 bits per heavy atom. The summed E-state index contributed by atoms with van der Waals surface area (Å²) in [6.45, 7) is 3.58. The van der Waals surface area contributed by atoms with E-state index in [0.29, 0.717) is 0 Å². The minimum absolute atomic E-state index is 0.150. The van der Waals surface area contributed by atoms with Gasteiger partial charge in [-0.1, -0.05) is 6.92 Å². The standard InChI is InChI=1S/C10H18N2O2/c1-2-9(10(11)14)12-5-3-8(7-13)4-6-12/h7-9H,2-6H2,1H3,(H2,11,14). The maximum Gasteiger partial charge on any atom is 0.234 e. The molecule has 0 saturated carbocycles. The van der Waals surface area contributed by atoms with Crippen LogP contribution in [-0.4, -0.2) is 36.2 Å². The predicted octanol–water partition coefficient (Wildman–Crippen LogP) is 0.161. The molecule has 0 spiro atoms. The van der Waals surface area contributed by atoms with Gasteiger partial charge in [-0.15, -0.1) is 0 Å². The third kappa shape index (κ3) is 2.54. The fourth-order valence-corrected chi connectivity index (χ4v) is 2.01. The summed E-state index contributed by atoms with van der Waals surface area (Å²) in [7, 11) is 0. The van der Waals surface area contributed by atoms with Crippen molar-refractivity contribution in [3.8, 4) is 0 Å². The molecule has 0 aromatic heterocycles. The number of carbonyl (C=O) groups is 2. The Morgan fingerprint density at radius 3 is 2.50 bits per heavy atom. The van der Waals surface area contributed by atoms with Gasteiger partial charge in [0.15, 0.2) is 0 Å². The van der Waals surface area contributed by atoms with E-state index in [2.05, 4.69) is 4.90 Å². The highest BCUT2D eigenvalue weighted by Gasteiger charge is 2.26. The molecule has 1 atom stereocenters. The van der Waals surface area contributed by atoms with Crippen LogP contribution in [0.2, 0.25) is 0 Å². The topological polar surface area (TPSA) is 63.4 Å². The molecule has 1 rings (SSSR count). The van der Waals surface area contributed by atoms with E-state index in [-0.39, 0.29) is 17.9 Å². The van der Waals surface area contributed by atoms with Crippen LogP contribution in [0.5, 0.6) is 0 Å². The number of hydrogen-bond donors (Lipinski definition) is 1. The van der Waals surface area contributed by atoms with Crippen molar-refractivity contribution in [2.45, 2.75) is 32.2 Å². The summed E-state index contributed by atoms with van der Waals surface area (Å²) in [5.41, 5.74) is 5.30. The lowest BCUT2D eigenvalue weighted by molar-refractivity contribution is -0.124. The summed E-state index contributed by atoms with van der Waals surface area (Å²) < 4.78 is 0.